The summed E-state index contributed by atoms with van der Waals surface area (Å²) in [4.78, 5) is 12.7. The normalized spacial score (nSPS) is 13.0. The number of pyridine rings is 1. The van der Waals surface area contributed by atoms with Crippen LogP contribution in [-0.4, -0.2) is 29.0 Å². The number of hydrogen-bond donors (Lipinski definition) is 1. The molecule has 0 bridgehead atoms. The molecule has 0 saturated heterocycles. The number of benzene rings is 2. The average molecular weight is 487 g/mol. The number of para-hydroxylation sites is 2. The number of halogens is 2. The first-order chi connectivity index (χ1) is 15.6. The van der Waals surface area contributed by atoms with E-state index in [2.05, 4.69) is 19.7 Å². The lowest BCUT2D eigenvalue weighted by Gasteiger charge is -2.28. The average Bonchev–Trinajstić information content (AvgIpc) is 2.77. The van der Waals surface area contributed by atoms with E-state index < -0.39 is 21.8 Å². The van der Waals surface area contributed by atoms with Crippen LogP contribution in [0.2, 0.25) is 5.02 Å². The lowest BCUT2D eigenvalue weighted by atomic mass is 9.97. The summed E-state index contributed by atoms with van der Waals surface area (Å²) >= 11 is 6.09. The van der Waals surface area contributed by atoms with Crippen LogP contribution in [0, 0.1) is 0 Å². The van der Waals surface area contributed by atoms with E-state index in [0.717, 1.165) is 0 Å². The number of fused-ring (bicyclic) bond motifs is 1. The number of alkyl halides is 1. The van der Waals surface area contributed by atoms with Gasteiger partial charge in [-0.15, -0.1) is 0 Å². The topological polar surface area (TPSA) is 94.1 Å². The summed E-state index contributed by atoms with van der Waals surface area (Å²) in [6, 6.07) is 16.2. The SMILES string of the molecule is CC(C)(F)C(Oc1nc2ccccc2nc1NS(=O)(=O)c1ccccc1Cl)c1cccnc1. The zero-order valence-corrected chi connectivity index (χ0v) is 19.3. The summed E-state index contributed by atoms with van der Waals surface area (Å²) in [5.74, 6) is -0.365. The molecular formula is C23H20ClFN4O3S. The zero-order chi connectivity index (χ0) is 23.6. The minimum absolute atomic E-state index is 0.0411. The molecule has 4 rings (SSSR count). The van der Waals surface area contributed by atoms with Crippen LogP contribution in [0.25, 0.3) is 11.0 Å². The molecular weight excluding hydrogens is 467 g/mol. The van der Waals surface area contributed by atoms with Crippen molar-refractivity contribution < 1.29 is 17.5 Å². The third-order valence-electron chi connectivity index (χ3n) is 4.74. The van der Waals surface area contributed by atoms with Gasteiger partial charge in [-0.3, -0.25) is 9.71 Å². The Hall–Kier alpha value is -3.30. The van der Waals surface area contributed by atoms with Crippen LogP contribution in [0.5, 0.6) is 5.88 Å². The van der Waals surface area contributed by atoms with Crippen LogP contribution in [0.3, 0.4) is 0 Å². The van der Waals surface area contributed by atoms with Crippen LogP contribution >= 0.6 is 11.6 Å². The van der Waals surface area contributed by atoms with Gasteiger partial charge in [0.25, 0.3) is 15.9 Å². The van der Waals surface area contributed by atoms with E-state index in [1.54, 1.807) is 54.7 Å². The lowest BCUT2D eigenvalue weighted by molar-refractivity contribution is 0.0324. The van der Waals surface area contributed by atoms with Crippen LogP contribution in [0.4, 0.5) is 10.2 Å². The first-order valence-electron chi connectivity index (χ1n) is 9.95. The summed E-state index contributed by atoms with van der Waals surface area (Å²) < 4.78 is 49.7. The van der Waals surface area contributed by atoms with Gasteiger partial charge in [-0.1, -0.05) is 41.9 Å². The van der Waals surface area contributed by atoms with Crippen molar-refractivity contribution in [2.45, 2.75) is 30.5 Å². The summed E-state index contributed by atoms with van der Waals surface area (Å²) in [6.07, 6.45) is 1.91. The molecule has 1 N–H and O–H groups in total. The highest BCUT2D eigenvalue weighted by Crippen LogP contribution is 2.36. The number of anilines is 1. The van der Waals surface area contributed by atoms with Gasteiger partial charge < -0.3 is 4.74 Å². The van der Waals surface area contributed by atoms with Crippen molar-refractivity contribution in [1.29, 1.82) is 0 Å². The second-order valence-corrected chi connectivity index (χ2v) is 9.81. The standard InChI is InChI=1S/C23H20ClFN4O3S/c1-23(2,25)20(15-8-7-13-26-14-15)32-22-21(27-17-10-4-5-11-18(17)28-22)29-33(30,31)19-12-6-3-9-16(19)24/h3-14,20H,1-2H3,(H,27,29). The molecule has 33 heavy (non-hydrogen) atoms. The second-order valence-electron chi connectivity index (χ2n) is 7.75. The minimum atomic E-state index is -4.14. The predicted molar refractivity (Wildman–Crippen MR) is 125 cm³/mol. The maximum Gasteiger partial charge on any atom is 0.264 e. The van der Waals surface area contributed by atoms with Crippen LogP contribution in [-0.2, 0) is 10.0 Å². The molecule has 0 saturated carbocycles. The summed E-state index contributed by atoms with van der Waals surface area (Å²) in [6.45, 7) is 2.71. The number of sulfonamides is 1. The van der Waals surface area contributed by atoms with E-state index >= 15 is 4.39 Å². The van der Waals surface area contributed by atoms with Gasteiger partial charge in [0.1, 0.15) is 10.6 Å². The predicted octanol–water partition coefficient (Wildman–Crippen LogP) is 5.35. The van der Waals surface area contributed by atoms with E-state index in [9.17, 15) is 8.42 Å². The Morgan fingerprint density at radius 3 is 2.30 bits per heavy atom. The van der Waals surface area contributed by atoms with Crippen molar-refractivity contribution in [2.24, 2.45) is 0 Å². The molecule has 0 amide bonds. The van der Waals surface area contributed by atoms with Crippen LogP contribution in [0.1, 0.15) is 25.5 Å². The van der Waals surface area contributed by atoms with Gasteiger partial charge in [0.2, 0.25) is 5.82 Å². The molecule has 7 nitrogen and oxygen atoms in total. The molecule has 2 heterocycles. The van der Waals surface area contributed by atoms with Crippen LogP contribution in [0.15, 0.2) is 78.0 Å². The Morgan fingerprint density at radius 2 is 1.67 bits per heavy atom. The first-order valence-corrected chi connectivity index (χ1v) is 11.8. The molecule has 2 aromatic carbocycles. The van der Waals surface area contributed by atoms with Gasteiger partial charge in [-0.25, -0.2) is 22.8 Å². The number of aromatic nitrogens is 3. The number of nitrogens with one attached hydrogen (secondary N) is 1. The molecule has 10 heteroatoms. The molecule has 0 aliphatic carbocycles. The van der Waals surface area contributed by atoms with Crippen molar-refractivity contribution in [1.82, 2.24) is 15.0 Å². The summed E-state index contributed by atoms with van der Waals surface area (Å²) in [5.41, 5.74) is -0.510. The maximum absolute atomic E-state index is 15.2. The van der Waals surface area contributed by atoms with Crippen molar-refractivity contribution >= 4 is 38.5 Å². The summed E-state index contributed by atoms with van der Waals surface area (Å²) in [5, 5.41) is 0.0411. The Kier molecular flexibility index (Phi) is 6.18. The fourth-order valence-electron chi connectivity index (χ4n) is 3.22. The zero-order valence-electron chi connectivity index (χ0n) is 17.7. The molecule has 1 atom stereocenters. The first kappa shape index (κ1) is 22.9. The van der Waals surface area contributed by atoms with Crippen LogP contribution < -0.4 is 9.46 Å². The molecule has 4 aromatic rings. The van der Waals surface area contributed by atoms with E-state index in [1.807, 2.05) is 0 Å². The van der Waals surface area contributed by atoms with Gasteiger partial charge in [0.05, 0.1) is 16.1 Å². The van der Waals surface area contributed by atoms with Gasteiger partial charge in [-0.05, 0) is 44.2 Å². The number of rotatable bonds is 7. The summed E-state index contributed by atoms with van der Waals surface area (Å²) in [7, 11) is -4.14. The van der Waals surface area contributed by atoms with E-state index in [-0.39, 0.29) is 21.6 Å². The number of ether oxygens (including phenoxy) is 1. The van der Waals surface area contributed by atoms with Gasteiger partial charge >= 0.3 is 0 Å². The Balaban J connectivity index is 1.82. The molecule has 0 radical (unpaired) electrons. The molecule has 0 fully saturated rings. The molecule has 1 unspecified atom stereocenters. The van der Waals surface area contributed by atoms with Crippen molar-refractivity contribution in [3.63, 3.8) is 0 Å². The second kappa shape index (κ2) is 8.92. The highest BCUT2D eigenvalue weighted by atomic mass is 35.5. The van der Waals surface area contributed by atoms with E-state index in [4.69, 9.17) is 16.3 Å². The minimum Gasteiger partial charge on any atom is -0.463 e. The molecule has 0 aliphatic heterocycles. The number of hydrogen-bond acceptors (Lipinski definition) is 6. The highest BCUT2D eigenvalue weighted by molar-refractivity contribution is 7.92. The van der Waals surface area contributed by atoms with E-state index in [1.165, 1.54) is 32.2 Å². The monoisotopic (exact) mass is 486 g/mol. The fourth-order valence-corrected chi connectivity index (χ4v) is 4.74. The van der Waals surface area contributed by atoms with Crippen molar-refractivity contribution in [2.75, 3.05) is 4.72 Å². The molecule has 2 aromatic heterocycles. The van der Waals surface area contributed by atoms with Crippen molar-refractivity contribution in [3.8, 4) is 5.88 Å². The highest BCUT2D eigenvalue weighted by Gasteiger charge is 2.35. The quantitative estimate of drug-likeness (QED) is 0.378. The van der Waals surface area contributed by atoms with Gasteiger partial charge in [0, 0.05) is 18.0 Å². The third-order valence-corrected chi connectivity index (χ3v) is 6.57. The fraction of sp³-hybridized carbons (Fsp3) is 0.174. The largest absolute Gasteiger partial charge is 0.463 e. The van der Waals surface area contributed by atoms with Crippen molar-refractivity contribution in [3.05, 3.63) is 83.6 Å². The Bertz CT molecular complexity index is 1400. The third kappa shape index (κ3) is 5.04. The lowest BCUT2D eigenvalue weighted by Crippen LogP contribution is -2.29. The van der Waals surface area contributed by atoms with E-state index in [0.29, 0.717) is 16.6 Å². The molecule has 170 valence electrons. The molecule has 0 aliphatic rings. The molecule has 0 spiro atoms. The van der Waals surface area contributed by atoms with Gasteiger partial charge in [-0.2, -0.15) is 0 Å². The Labute approximate surface area is 195 Å². The maximum atomic E-state index is 15.2. The Morgan fingerprint density at radius 1 is 1.00 bits per heavy atom. The smallest absolute Gasteiger partial charge is 0.264 e. The number of nitrogens with zero attached hydrogens (tertiary/aromatic N) is 3. The van der Waals surface area contributed by atoms with Gasteiger partial charge in [0.15, 0.2) is 6.10 Å².